The van der Waals surface area contributed by atoms with Crippen LogP contribution in [0.4, 0.5) is 0 Å². The quantitative estimate of drug-likeness (QED) is 0.755. The Morgan fingerprint density at radius 2 is 2.47 bits per heavy atom. The van der Waals surface area contributed by atoms with Crippen molar-refractivity contribution in [2.24, 2.45) is 0 Å². The van der Waals surface area contributed by atoms with Crippen LogP contribution in [0.5, 0.6) is 0 Å². The monoisotopic (exact) mass is 212 g/mol. The van der Waals surface area contributed by atoms with Gasteiger partial charge < -0.3 is 14.9 Å². The number of aryl methyl sites for hydroxylation is 1. The van der Waals surface area contributed by atoms with Crippen molar-refractivity contribution in [3.05, 3.63) is 17.5 Å². The smallest absolute Gasteiger partial charge is 0.220 e. The first kappa shape index (κ1) is 11.7. The average molecular weight is 212 g/mol. The van der Waals surface area contributed by atoms with E-state index in [1.807, 2.05) is 6.92 Å². The number of aliphatic hydroxyl groups is 1. The standard InChI is InChI=1S/C10H16N2O3/c1-7-5-9(15-12-7)6-11-10(14)4-3-8(2)13/h5,8,13H,3-4,6H2,1-2H3,(H,11,14). The number of aliphatic hydroxyl groups excluding tert-OH is 1. The van der Waals surface area contributed by atoms with Gasteiger partial charge in [0.15, 0.2) is 5.76 Å². The third-order valence-electron chi connectivity index (χ3n) is 1.93. The van der Waals surface area contributed by atoms with Gasteiger partial charge in [-0.1, -0.05) is 5.16 Å². The molecule has 0 aliphatic heterocycles. The minimum absolute atomic E-state index is 0.0926. The molecule has 0 aromatic carbocycles. The largest absolute Gasteiger partial charge is 0.393 e. The number of carbonyl (C=O) groups excluding carboxylic acids is 1. The summed E-state index contributed by atoms with van der Waals surface area (Å²) in [5, 5.41) is 15.4. The molecule has 84 valence electrons. The number of amides is 1. The van der Waals surface area contributed by atoms with Gasteiger partial charge in [0.25, 0.3) is 0 Å². The van der Waals surface area contributed by atoms with E-state index >= 15 is 0 Å². The number of nitrogens with zero attached hydrogens (tertiary/aromatic N) is 1. The van der Waals surface area contributed by atoms with Crippen LogP contribution in [0.2, 0.25) is 0 Å². The maximum atomic E-state index is 11.2. The van der Waals surface area contributed by atoms with Gasteiger partial charge in [-0.3, -0.25) is 4.79 Å². The predicted octanol–water partition coefficient (Wildman–Crippen LogP) is 0.760. The second kappa shape index (κ2) is 5.50. The number of nitrogens with one attached hydrogen (secondary N) is 1. The van der Waals surface area contributed by atoms with Crippen molar-refractivity contribution in [3.63, 3.8) is 0 Å². The first-order valence-corrected chi connectivity index (χ1v) is 4.95. The van der Waals surface area contributed by atoms with E-state index in [0.29, 0.717) is 25.1 Å². The molecule has 15 heavy (non-hydrogen) atoms. The summed E-state index contributed by atoms with van der Waals surface area (Å²) in [6.07, 6.45) is 0.356. The lowest BCUT2D eigenvalue weighted by molar-refractivity contribution is -0.121. The molecule has 2 N–H and O–H groups in total. The van der Waals surface area contributed by atoms with Crippen molar-refractivity contribution in [2.75, 3.05) is 0 Å². The van der Waals surface area contributed by atoms with Crippen molar-refractivity contribution in [1.29, 1.82) is 0 Å². The molecule has 0 aliphatic rings. The summed E-state index contributed by atoms with van der Waals surface area (Å²) in [6, 6.07) is 1.77. The van der Waals surface area contributed by atoms with Gasteiger partial charge in [0.2, 0.25) is 5.91 Å². The zero-order chi connectivity index (χ0) is 11.3. The van der Waals surface area contributed by atoms with E-state index in [1.165, 1.54) is 0 Å². The molecule has 5 nitrogen and oxygen atoms in total. The second-order valence-corrected chi connectivity index (χ2v) is 3.60. The number of hydrogen-bond acceptors (Lipinski definition) is 4. The molecule has 0 radical (unpaired) electrons. The SMILES string of the molecule is Cc1cc(CNC(=O)CCC(C)O)on1. The highest BCUT2D eigenvalue weighted by Crippen LogP contribution is 2.02. The van der Waals surface area contributed by atoms with Crippen LogP contribution in [-0.2, 0) is 11.3 Å². The van der Waals surface area contributed by atoms with Crippen LogP contribution in [0.1, 0.15) is 31.2 Å². The van der Waals surface area contributed by atoms with Crippen molar-refractivity contribution in [3.8, 4) is 0 Å². The maximum Gasteiger partial charge on any atom is 0.220 e. The zero-order valence-corrected chi connectivity index (χ0v) is 8.99. The fraction of sp³-hybridized carbons (Fsp3) is 0.600. The molecular formula is C10H16N2O3. The second-order valence-electron chi connectivity index (χ2n) is 3.60. The van der Waals surface area contributed by atoms with E-state index < -0.39 is 6.10 Å². The molecule has 1 rings (SSSR count). The first-order chi connectivity index (χ1) is 7.08. The van der Waals surface area contributed by atoms with Crippen molar-refractivity contribution < 1.29 is 14.4 Å². The highest BCUT2D eigenvalue weighted by atomic mass is 16.5. The summed E-state index contributed by atoms with van der Waals surface area (Å²) in [5.74, 6) is 0.544. The van der Waals surface area contributed by atoms with Gasteiger partial charge in [0, 0.05) is 12.5 Å². The normalized spacial score (nSPS) is 12.5. The topological polar surface area (TPSA) is 75.4 Å². The van der Waals surface area contributed by atoms with Gasteiger partial charge in [-0.2, -0.15) is 0 Å². The molecule has 1 amide bonds. The average Bonchev–Trinajstić information content (AvgIpc) is 2.58. The van der Waals surface area contributed by atoms with E-state index in [0.717, 1.165) is 5.69 Å². The lowest BCUT2D eigenvalue weighted by Crippen LogP contribution is -2.23. The van der Waals surface area contributed by atoms with Crippen LogP contribution in [0.15, 0.2) is 10.6 Å². The Morgan fingerprint density at radius 3 is 3.00 bits per heavy atom. The molecule has 0 fully saturated rings. The Labute approximate surface area is 88.5 Å². The van der Waals surface area contributed by atoms with Crippen LogP contribution in [0, 0.1) is 6.92 Å². The molecular weight excluding hydrogens is 196 g/mol. The third kappa shape index (κ3) is 4.60. The van der Waals surface area contributed by atoms with Gasteiger partial charge in [-0.15, -0.1) is 0 Å². The molecule has 1 atom stereocenters. The Bertz CT molecular complexity index is 320. The third-order valence-corrected chi connectivity index (χ3v) is 1.93. The Balaban J connectivity index is 2.22. The molecule has 1 aromatic rings. The summed E-state index contributed by atoms with van der Waals surface area (Å²) in [4.78, 5) is 11.2. The molecule has 5 heteroatoms. The number of rotatable bonds is 5. The maximum absolute atomic E-state index is 11.2. The summed E-state index contributed by atoms with van der Waals surface area (Å²) in [5.41, 5.74) is 0.795. The Kier molecular flexibility index (Phi) is 4.30. The van der Waals surface area contributed by atoms with E-state index in [4.69, 9.17) is 9.63 Å². The zero-order valence-electron chi connectivity index (χ0n) is 8.99. The van der Waals surface area contributed by atoms with E-state index in [9.17, 15) is 4.79 Å². The van der Waals surface area contributed by atoms with Crippen LogP contribution in [-0.4, -0.2) is 22.3 Å². The van der Waals surface area contributed by atoms with Gasteiger partial charge in [0.05, 0.1) is 18.3 Å². The van der Waals surface area contributed by atoms with Crippen LogP contribution < -0.4 is 5.32 Å². The lowest BCUT2D eigenvalue weighted by atomic mass is 10.2. The Morgan fingerprint density at radius 1 is 1.73 bits per heavy atom. The predicted molar refractivity (Wildman–Crippen MR) is 54.0 cm³/mol. The summed E-state index contributed by atoms with van der Waals surface area (Å²) in [7, 11) is 0. The number of hydrogen-bond donors (Lipinski definition) is 2. The highest BCUT2D eigenvalue weighted by molar-refractivity contribution is 5.75. The van der Waals surface area contributed by atoms with Gasteiger partial charge in [0.1, 0.15) is 0 Å². The summed E-state index contributed by atoms with van der Waals surface area (Å²) < 4.78 is 4.93. The molecule has 0 saturated heterocycles. The number of carbonyl (C=O) groups is 1. The first-order valence-electron chi connectivity index (χ1n) is 4.95. The van der Waals surface area contributed by atoms with E-state index in [2.05, 4.69) is 10.5 Å². The molecule has 0 bridgehead atoms. The Hall–Kier alpha value is -1.36. The fourth-order valence-electron chi connectivity index (χ4n) is 1.11. The van der Waals surface area contributed by atoms with E-state index in [1.54, 1.807) is 13.0 Å². The summed E-state index contributed by atoms with van der Waals surface area (Å²) >= 11 is 0. The van der Waals surface area contributed by atoms with Gasteiger partial charge >= 0.3 is 0 Å². The van der Waals surface area contributed by atoms with Crippen molar-refractivity contribution >= 4 is 5.91 Å². The van der Waals surface area contributed by atoms with Crippen LogP contribution in [0.25, 0.3) is 0 Å². The van der Waals surface area contributed by atoms with Crippen LogP contribution >= 0.6 is 0 Å². The van der Waals surface area contributed by atoms with Crippen molar-refractivity contribution in [2.45, 2.75) is 39.3 Å². The lowest BCUT2D eigenvalue weighted by Gasteiger charge is -2.04. The van der Waals surface area contributed by atoms with Gasteiger partial charge in [-0.05, 0) is 20.3 Å². The summed E-state index contributed by atoms with van der Waals surface area (Å²) in [6.45, 7) is 3.83. The molecule has 1 aromatic heterocycles. The minimum atomic E-state index is -0.441. The highest BCUT2D eigenvalue weighted by Gasteiger charge is 2.05. The van der Waals surface area contributed by atoms with Crippen molar-refractivity contribution in [1.82, 2.24) is 10.5 Å². The van der Waals surface area contributed by atoms with E-state index in [-0.39, 0.29) is 5.91 Å². The molecule has 0 spiro atoms. The number of aromatic nitrogens is 1. The minimum Gasteiger partial charge on any atom is -0.393 e. The molecule has 0 saturated carbocycles. The van der Waals surface area contributed by atoms with Crippen LogP contribution in [0.3, 0.4) is 0 Å². The molecule has 1 unspecified atom stereocenters. The van der Waals surface area contributed by atoms with Gasteiger partial charge in [-0.25, -0.2) is 0 Å². The molecule has 0 aliphatic carbocycles. The fourth-order valence-corrected chi connectivity index (χ4v) is 1.11. The molecule has 1 heterocycles.